The van der Waals surface area contributed by atoms with E-state index in [0.717, 1.165) is 50.2 Å². The van der Waals surface area contributed by atoms with Crippen LogP contribution in [0.4, 0.5) is 29.1 Å². The number of nitrogens with zero attached hydrogens (tertiary/aromatic N) is 3. The van der Waals surface area contributed by atoms with Crippen molar-refractivity contribution in [3.05, 3.63) is 89.2 Å². The largest absolute Gasteiger partial charge is 0.419 e. The third-order valence-electron chi connectivity index (χ3n) is 6.53. The zero-order valence-electron chi connectivity index (χ0n) is 19.8. The molecule has 5 rings (SSSR count). The van der Waals surface area contributed by atoms with E-state index in [2.05, 4.69) is 31.6 Å². The number of hydrogen-bond donors (Lipinski definition) is 1. The highest BCUT2D eigenvalue weighted by atomic mass is 32.1. The van der Waals surface area contributed by atoms with Gasteiger partial charge >= 0.3 is 6.18 Å². The first-order chi connectivity index (χ1) is 17.8. The molecule has 10 heteroatoms. The molecule has 5 nitrogen and oxygen atoms in total. The lowest BCUT2D eigenvalue weighted by atomic mass is 10.1. The van der Waals surface area contributed by atoms with Crippen LogP contribution in [0.25, 0.3) is 10.1 Å². The molecule has 2 heterocycles. The van der Waals surface area contributed by atoms with Crippen molar-refractivity contribution in [3.63, 3.8) is 0 Å². The maximum atomic E-state index is 13.6. The zero-order valence-corrected chi connectivity index (χ0v) is 20.6. The molecule has 0 bridgehead atoms. The summed E-state index contributed by atoms with van der Waals surface area (Å²) in [6.07, 6.45) is -4.22. The van der Waals surface area contributed by atoms with E-state index < -0.39 is 23.5 Å². The van der Waals surface area contributed by atoms with Gasteiger partial charge in [-0.2, -0.15) is 17.5 Å². The number of hydrogen-bond acceptors (Lipinski definition) is 5. The summed E-state index contributed by atoms with van der Waals surface area (Å²) in [6, 6.07) is 17.7. The Bertz CT molecular complexity index is 1410. The van der Waals surface area contributed by atoms with Crippen molar-refractivity contribution in [2.24, 2.45) is 0 Å². The zero-order chi connectivity index (χ0) is 26.0. The lowest BCUT2D eigenvalue weighted by molar-refractivity contribution is -0.140. The molecule has 1 aliphatic heterocycles. The van der Waals surface area contributed by atoms with Gasteiger partial charge in [0.05, 0.1) is 10.3 Å². The molecule has 0 spiro atoms. The van der Waals surface area contributed by atoms with Crippen molar-refractivity contribution in [2.75, 3.05) is 42.9 Å². The van der Waals surface area contributed by atoms with Gasteiger partial charge in [-0.25, -0.2) is 4.39 Å². The summed E-state index contributed by atoms with van der Waals surface area (Å²) in [5.41, 5.74) is -0.313. The Balaban J connectivity index is 1.20. The Morgan fingerprint density at radius 2 is 1.70 bits per heavy atom. The summed E-state index contributed by atoms with van der Waals surface area (Å²) in [6.45, 7) is 4.23. The third-order valence-corrected chi connectivity index (χ3v) is 7.34. The lowest BCUT2D eigenvalue weighted by Crippen LogP contribution is -2.47. The van der Waals surface area contributed by atoms with E-state index in [4.69, 9.17) is 0 Å². The predicted octanol–water partition coefficient (Wildman–Crippen LogP) is 6.07. The number of halogens is 4. The monoisotopic (exact) mass is 528 g/mol. The Hall–Kier alpha value is -3.50. The van der Waals surface area contributed by atoms with E-state index >= 15 is 0 Å². The number of anilines is 2. The maximum Gasteiger partial charge on any atom is 0.419 e. The maximum absolute atomic E-state index is 13.6. The Morgan fingerprint density at radius 1 is 0.973 bits per heavy atom. The number of benzene rings is 3. The molecule has 1 saturated heterocycles. The van der Waals surface area contributed by atoms with E-state index in [-0.39, 0.29) is 5.56 Å². The first-order valence-corrected chi connectivity index (χ1v) is 12.6. The summed E-state index contributed by atoms with van der Waals surface area (Å²) in [5, 5.41) is 3.87. The van der Waals surface area contributed by atoms with Gasteiger partial charge in [-0.05, 0) is 59.9 Å². The molecule has 1 aromatic heterocycles. The molecule has 1 fully saturated rings. The first-order valence-electron chi connectivity index (χ1n) is 11.9. The molecule has 1 N–H and O–H groups in total. The SMILES string of the molecule is O=C(Nc1ccccc1CCN1CCN(c2nsc3ccccc23)CC1)c1ccc(F)c(C(F)(F)F)c1. The Morgan fingerprint density at radius 3 is 2.49 bits per heavy atom. The van der Waals surface area contributed by atoms with Crippen molar-refractivity contribution in [2.45, 2.75) is 12.6 Å². The predicted molar refractivity (Wildman–Crippen MR) is 138 cm³/mol. The normalized spacial score (nSPS) is 14.8. The van der Waals surface area contributed by atoms with Crippen LogP contribution in [0.5, 0.6) is 0 Å². The first kappa shape index (κ1) is 25.2. The Labute approximate surface area is 215 Å². The van der Waals surface area contributed by atoms with Gasteiger partial charge in [0.1, 0.15) is 11.6 Å². The van der Waals surface area contributed by atoms with Crippen LogP contribution in [0, 0.1) is 5.82 Å². The summed E-state index contributed by atoms with van der Waals surface area (Å²) < 4.78 is 58.6. The van der Waals surface area contributed by atoms with E-state index in [0.29, 0.717) is 24.2 Å². The van der Waals surface area contributed by atoms with Crippen LogP contribution >= 0.6 is 11.5 Å². The van der Waals surface area contributed by atoms with Crippen molar-refractivity contribution < 1.29 is 22.4 Å². The smallest absolute Gasteiger partial charge is 0.353 e. The average molecular weight is 529 g/mol. The van der Waals surface area contributed by atoms with E-state index in [9.17, 15) is 22.4 Å². The van der Waals surface area contributed by atoms with Gasteiger partial charge < -0.3 is 10.2 Å². The number of rotatable bonds is 6. The molecule has 192 valence electrons. The van der Waals surface area contributed by atoms with Gasteiger partial charge in [-0.1, -0.05) is 30.3 Å². The molecule has 0 aliphatic carbocycles. The van der Waals surface area contributed by atoms with Crippen molar-refractivity contribution >= 4 is 39.0 Å². The van der Waals surface area contributed by atoms with Crippen LogP contribution in [0.1, 0.15) is 21.5 Å². The number of aromatic nitrogens is 1. The molecule has 1 aliphatic rings. The number of carbonyl (C=O) groups excluding carboxylic acids is 1. The van der Waals surface area contributed by atoms with Crippen LogP contribution in [0.2, 0.25) is 0 Å². The molecule has 4 aromatic rings. The Kier molecular flexibility index (Phi) is 7.12. The van der Waals surface area contributed by atoms with E-state index in [1.165, 1.54) is 21.6 Å². The average Bonchev–Trinajstić information content (AvgIpc) is 3.32. The molecule has 0 unspecified atom stereocenters. The number of piperazine rings is 1. The number of para-hydroxylation sites is 1. The van der Waals surface area contributed by atoms with Crippen LogP contribution in [0.15, 0.2) is 66.7 Å². The lowest BCUT2D eigenvalue weighted by Gasteiger charge is -2.35. The molecular formula is C27H24F4N4OS. The third kappa shape index (κ3) is 5.60. The molecule has 3 aromatic carbocycles. The van der Waals surface area contributed by atoms with Gasteiger partial charge in [0.25, 0.3) is 5.91 Å². The minimum atomic E-state index is -4.88. The summed E-state index contributed by atoms with van der Waals surface area (Å²) in [4.78, 5) is 17.3. The topological polar surface area (TPSA) is 48.5 Å². The number of nitrogens with one attached hydrogen (secondary N) is 1. The highest BCUT2D eigenvalue weighted by Crippen LogP contribution is 2.32. The van der Waals surface area contributed by atoms with Crippen LogP contribution in [-0.2, 0) is 12.6 Å². The second-order valence-corrected chi connectivity index (χ2v) is 9.69. The van der Waals surface area contributed by atoms with Crippen molar-refractivity contribution in [3.8, 4) is 0 Å². The quantitative estimate of drug-likeness (QED) is 0.309. The van der Waals surface area contributed by atoms with Gasteiger partial charge in [-0.15, -0.1) is 0 Å². The highest BCUT2D eigenvalue weighted by molar-refractivity contribution is 7.13. The number of alkyl halides is 3. The van der Waals surface area contributed by atoms with Gasteiger partial charge in [0.2, 0.25) is 0 Å². The fourth-order valence-corrected chi connectivity index (χ4v) is 5.30. The summed E-state index contributed by atoms with van der Waals surface area (Å²) in [7, 11) is 0. The fourth-order valence-electron chi connectivity index (χ4n) is 4.50. The van der Waals surface area contributed by atoms with Gasteiger partial charge in [0, 0.05) is 49.4 Å². The van der Waals surface area contributed by atoms with Crippen molar-refractivity contribution in [1.29, 1.82) is 0 Å². The molecule has 37 heavy (non-hydrogen) atoms. The fraction of sp³-hybridized carbons (Fsp3) is 0.259. The standard InChI is InChI=1S/C27H24F4N4OS/c28-22-10-9-19(17-21(22)27(29,30)31)26(36)32-23-7-3-1-5-18(23)11-12-34-13-15-35(16-14-34)25-20-6-2-4-8-24(20)37-33-25/h1-10,17H,11-16H2,(H,32,36). The van der Waals surface area contributed by atoms with E-state index in [1.807, 2.05) is 24.3 Å². The van der Waals surface area contributed by atoms with Gasteiger partial charge in [-0.3, -0.25) is 9.69 Å². The number of fused-ring (bicyclic) bond motifs is 1. The minimum absolute atomic E-state index is 0.255. The van der Waals surface area contributed by atoms with Crippen LogP contribution < -0.4 is 10.2 Å². The van der Waals surface area contributed by atoms with E-state index in [1.54, 1.807) is 12.1 Å². The highest BCUT2D eigenvalue weighted by Gasteiger charge is 2.34. The molecule has 0 radical (unpaired) electrons. The van der Waals surface area contributed by atoms with Gasteiger partial charge in [0.15, 0.2) is 0 Å². The van der Waals surface area contributed by atoms with Crippen LogP contribution in [0.3, 0.4) is 0 Å². The van der Waals surface area contributed by atoms with Crippen LogP contribution in [-0.4, -0.2) is 47.9 Å². The second-order valence-electron chi connectivity index (χ2n) is 8.88. The molecule has 0 saturated carbocycles. The second kappa shape index (κ2) is 10.5. The molecule has 1 amide bonds. The number of carbonyl (C=O) groups is 1. The molecular weight excluding hydrogens is 504 g/mol. The van der Waals surface area contributed by atoms with Crippen molar-refractivity contribution in [1.82, 2.24) is 9.27 Å². The summed E-state index contributed by atoms with van der Waals surface area (Å²) in [5.74, 6) is -1.10. The number of amides is 1. The summed E-state index contributed by atoms with van der Waals surface area (Å²) >= 11 is 1.51. The minimum Gasteiger partial charge on any atom is -0.353 e. The molecule has 0 atom stereocenters.